The number of piperidine rings is 1. The molecule has 2 heterocycles. The molecule has 6 nitrogen and oxygen atoms in total. The Morgan fingerprint density at radius 1 is 1.27 bits per heavy atom. The maximum absolute atomic E-state index is 10.9. The number of rotatable bonds is 7. The first-order chi connectivity index (χ1) is 12.7. The Morgan fingerprint density at radius 3 is 2.73 bits per heavy atom. The standard InChI is InChI=1S/C20H25N3O3/c24-20(25)18-13-26-19(22-18)12-23-8-6-14(7-9-23)11-21-17-10-16(17)15-4-2-1-3-5-15/h1-5,13-14,16-17,21H,6-12H2,(H,24,25)/t16-,17+/m0/s1. The van der Waals surface area contributed by atoms with Crippen LogP contribution >= 0.6 is 0 Å². The summed E-state index contributed by atoms with van der Waals surface area (Å²) in [5.41, 5.74) is 1.43. The number of nitrogens with one attached hydrogen (secondary N) is 1. The molecule has 26 heavy (non-hydrogen) atoms. The summed E-state index contributed by atoms with van der Waals surface area (Å²) in [6.45, 7) is 3.68. The zero-order valence-electron chi connectivity index (χ0n) is 14.8. The molecule has 2 atom stereocenters. The van der Waals surface area contributed by atoms with Crippen molar-refractivity contribution < 1.29 is 14.3 Å². The minimum Gasteiger partial charge on any atom is -0.476 e. The minimum atomic E-state index is -1.04. The number of likely N-dealkylation sites (tertiary alicyclic amines) is 1. The van der Waals surface area contributed by atoms with Crippen LogP contribution in [0.25, 0.3) is 0 Å². The van der Waals surface area contributed by atoms with Gasteiger partial charge in [0, 0.05) is 12.0 Å². The minimum absolute atomic E-state index is 0.0171. The lowest BCUT2D eigenvalue weighted by molar-refractivity contribution is 0.0690. The van der Waals surface area contributed by atoms with E-state index in [2.05, 4.69) is 45.5 Å². The predicted octanol–water partition coefficient (Wildman–Crippen LogP) is 2.73. The fourth-order valence-corrected chi connectivity index (χ4v) is 3.83. The van der Waals surface area contributed by atoms with Crippen molar-refractivity contribution in [1.29, 1.82) is 0 Å². The molecule has 1 aliphatic carbocycles. The van der Waals surface area contributed by atoms with E-state index < -0.39 is 5.97 Å². The van der Waals surface area contributed by atoms with Gasteiger partial charge in [-0.25, -0.2) is 9.78 Å². The van der Waals surface area contributed by atoms with Gasteiger partial charge in [0.05, 0.1) is 6.54 Å². The number of carboxylic acid groups (broad SMARTS) is 1. The van der Waals surface area contributed by atoms with Crippen LogP contribution in [0.5, 0.6) is 0 Å². The van der Waals surface area contributed by atoms with E-state index in [0.29, 0.717) is 30.3 Å². The Morgan fingerprint density at radius 2 is 2.04 bits per heavy atom. The van der Waals surface area contributed by atoms with Crippen molar-refractivity contribution in [3.63, 3.8) is 0 Å². The largest absolute Gasteiger partial charge is 0.476 e. The molecule has 1 saturated carbocycles. The van der Waals surface area contributed by atoms with Crippen molar-refractivity contribution >= 4 is 5.97 Å². The van der Waals surface area contributed by atoms with Gasteiger partial charge in [-0.15, -0.1) is 0 Å². The molecule has 0 amide bonds. The van der Waals surface area contributed by atoms with Crippen LogP contribution in [0.4, 0.5) is 0 Å². The van der Waals surface area contributed by atoms with E-state index in [1.54, 1.807) is 0 Å². The average molecular weight is 355 g/mol. The number of carboxylic acids is 1. The predicted molar refractivity (Wildman–Crippen MR) is 97.1 cm³/mol. The molecule has 0 bridgehead atoms. The first-order valence-electron chi connectivity index (χ1n) is 9.37. The smallest absolute Gasteiger partial charge is 0.357 e. The summed E-state index contributed by atoms with van der Waals surface area (Å²) < 4.78 is 5.25. The Bertz CT molecular complexity index is 738. The SMILES string of the molecule is O=C(O)c1coc(CN2CCC(CN[C@@H]3C[C@H]3c3ccccc3)CC2)n1. The molecule has 2 fully saturated rings. The number of aromatic carboxylic acids is 1. The van der Waals surface area contributed by atoms with E-state index in [-0.39, 0.29) is 5.69 Å². The number of oxazole rings is 1. The summed E-state index contributed by atoms with van der Waals surface area (Å²) >= 11 is 0. The molecule has 4 rings (SSSR count). The van der Waals surface area contributed by atoms with Crippen molar-refractivity contribution in [3.8, 4) is 0 Å². The topological polar surface area (TPSA) is 78.6 Å². The fraction of sp³-hybridized carbons (Fsp3) is 0.500. The van der Waals surface area contributed by atoms with Gasteiger partial charge in [0.15, 0.2) is 5.69 Å². The number of hydrogen-bond donors (Lipinski definition) is 2. The van der Waals surface area contributed by atoms with Crippen LogP contribution < -0.4 is 5.32 Å². The van der Waals surface area contributed by atoms with Gasteiger partial charge < -0.3 is 14.8 Å². The second-order valence-corrected chi connectivity index (χ2v) is 7.42. The highest BCUT2D eigenvalue weighted by molar-refractivity contribution is 5.84. The molecule has 1 aliphatic heterocycles. The van der Waals surface area contributed by atoms with Crippen LogP contribution in [-0.2, 0) is 6.54 Å². The molecule has 6 heteroatoms. The van der Waals surface area contributed by atoms with Crippen LogP contribution in [0.2, 0.25) is 0 Å². The van der Waals surface area contributed by atoms with Gasteiger partial charge in [0.25, 0.3) is 0 Å². The van der Waals surface area contributed by atoms with E-state index in [9.17, 15) is 4.79 Å². The number of carbonyl (C=O) groups is 1. The van der Waals surface area contributed by atoms with Crippen LogP contribution in [0.1, 0.15) is 47.1 Å². The van der Waals surface area contributed by atoms with Gasteiger partial charge in [-0.3, -0.25) is 4.90 Å². The van der Waals surface area contributed by atoms with Gasteiger partial charge in [-0.05, 0) is 50.4 Å². The number of benzene rings is 1. The normalized spacial score (nSPS) is 23.8. The van der Waals surface area contributed by atoms with Crippen LogP contribution in [0.15, 0.2) is 41.0 Å². The molecule has 1 saturated heterocycles. The lowest BCUT2D eigenvalue weighted by Gasteiger charge is -2.31. The van der Waals surface area contributed by atoms with Gasteiger partial charge in [0.1, 0.15) is 6.26 Å². The number of nitrogens with zero attached hydrogens (tertiary/aromatic N) is 2. The molecule has 2 aliphatic rings. The molecule has 138 valence electrons. The van der Waals surface area contributed by atoms with E-state index in [0.717, 1.165) is 32.5 Å². The first kappa shape index (κ1) is 17.2. The average Bonchev–Trinajstić information content (AvgIpc) is 3.30. The monoisotopic (exact) mass is 355 g/mol. The zero-order valence-corrected chi connectivity index (χ0v) is 14.8. The molecular formula is C20H25N3O3. The van der Waals surface area contributed by atoms with Gasteiger partial charge in [-0.1, -0.05) is 30.3 Å². The summed E-state index contributed by atoms with van der Waals surface area (Å²) in [5, 5.41) is 12.6. The third kappa shape index (κ3) is 4.14. The highest BCUT2D eigenvalue weighted by Gasteiger charge is 2.38. The van der Waals surface area contributed by atoms with Crippen molar-refractivity contribution in [2.45, 2.75) is 37.8 Å². The Hall–Kier alpha value is -2.18. The summed E-state index contributed by atoms with van der Waals surface area (Å²) in [6, 6.07) is 11.4. The highest BCUT2D eigenvalue weighted by atomic mass is 16.4. The molecule has 2 N–H and O–H groups in total. The second-order valence-electron chi connectivity index (χ2n) is 7.42. The lowest BCUT2D eigenvalue weighted by atomic mass is 9.96. The maximum atomic E-state index is 10.9. The Labute approximate surface area is 153 Å². The van der Waals surface area contributed by atoms with E-state index >= 15 is 0 Å². The van der Waals surface area contributed by atoms with Crippen molar-refractivity contribution in [2.24, 2.45) is 5.92 Å². The van der Waals surface area contributed by atoms with Crippen molar-refractivity contribution in [2.75, 3.05) is 19.6 Å². The second kappa shape index (κ2) is 7.60. The van der Waals surface area contributed by atoms with Gasteiger partial charge >= 0.3 is 5.97 Å². The maximum Gasteiger partial charge on any atom is 0.357 e. The van der Waals surface area contributed by atoms with Crippen LogP contribution in [0.3, 0.4) is 0 Å². The van der Waals surface area contributed by atoms with Crippen molar-refractivity contribution in [3.05, 3.63) is 53.7 Å². The molecule has 2 aromatic rings. The Kier molecular flexibility index (Phi) is 5.04. The first-order valence-corrected chi connectivity index (χ1v) is 9.37. The van der Waals surface area contributed by atoms with Gasteiger partial charge in [0.2, 0.25) is 5.89 Å². The molecule has 0 unspecified atom stereocenters. The lowest BCUT2D eigenvalue weighted by Crippen LogP contribution is -2.37. The summed E-state index contributed by atoms with van der Waals surface area (Å²) in [6.07, 6.45) is 4.77. The van der Waals surface area contributed by atoms with Crippen molar-refractivity contribution in [1.82, 2.24) is 15.2 Å². The van der Waals surface area contributed by atoms with E-state index in [1.807, 2.05) is 0 Å². The third-order valence-electron chi connectivity index (χ3n) is 5.52. The number of hydrogen-bond acceptors (Lipinski definition) is 5. The molecule has 1 aromatic heterocycles. The van der Waals surface area contributed by atoms with Crippen LogP contribution in [0, 0.1) is 5.92 Å². The van der Waals surface area contributed by atoms with E-state index in [4.69, 9.17) is 9.52 Å². The number of aromatic nitrogens is 1. The molecular weight excluding hydrogens is 330 g/mol. The van der Waals surface area contributed by atoms with Gasteiger partial charge in [-0.2, -0.15) is 0 Å². The molecule has 1 aromatic carbocycles. The molecule has 0 radical (unpaired) electrons. The summed E-state index contributed by atoms with van der Waals surface area (Å²) in [4.78, 5) is 17.1. The summed E-state index contributed by atoms with van der Waals surface area (Å²) in [7, 11) is 0. The third-order valence-corrected chi connectivity index (χ3v) is 5.52. The fourth-order valence-electron chi connectivity index (χ4n) is 3.83. The summed E-state index contributed by atoms with van der Waals surface area (Å²) in [5.74, 6) is 0.841. The zero-order chi connectivity index (χ0) is 17.9. The highest BCUT2D eigenvalue weighted by Crippen LogP contribution is 2.40. The Balaban J connectivity index is 1.17. The quantitative estimate of drug-likeness (QED) is 0.795. The molecule has 0 spiro atoms. The van der Waals surface area contributed by atoms with E-state index in [1.165, 1.54) is 18.2 Å². The van der Waals surface area contributed by atoms with Crippen LogP contribution in [-0.4, -0.2) is 46.6 Å².